The third kappa shape index (κ3) is 11.4. The fraction of sp³-hybridized carbons (Fsp3) is 0.909. The molecule has 1 aliphatic rings. The zero-order chi connectivity index (χ0) is 19.9. The van der Waals surface area contributed by atoms with Crippen molar-refractivity contribution in [3.05, 3.63) is 0 Å². The van der Waals surface area contributed by atoms with E-state index in [1.807, 2.05) is 0 Å². The normalized spacial score (nSPS) is 20.0. The number of hydrogen-bond donors (Lipinski definition) is 1. The molecule has 5 heteroatoms. The lowest BCUT2D eigenvalue weighted by Crippen LogP contribution is -2.34. The van der Waals surface area contributed by atoms with E-state index in [9.17, 15) is 14.7 Å². The molecule has 0 aromatic rings. The molecule has 2 atom stereocenters. The predicted octanol–water partition coefficient (Wildman–Crippen LogP) is 5.21. The van der Waals surface area contributed by atoms with E-state index in [0.717, 1.165) is 25.2 Å². The molecule has 5 nitrogen and oxygen atoms in total. The minimum atomic E-state index is -0.882. The molecule has 1 rings (SSSR count). The van der Waals surface area contributed by atoms with Crippen molar-refractivity contribution in [3.63, 3.8) is 0 Å². The molecule has 1 saturated carbocycles. The number of rotatable bonds is 15. The lowest BCUT2D eigenvalue weighted by molar-refractivity contribution is -0.160. The molecule has 0 aliphatic heterocycles. The summed E-state index contributed by atoms with van der Waals surface area (Å²) in [4.78, 5) is 23.3. The van der Waals surface area contributed by atoms with Gasteiger partial charge >= 0.3 is 11.9 Å². The third-order valence-electron chi connectivity index (χ3n) is 5.43. The van der Waals surface area contributed by atoms with Gasteiger partial charge in [-0.1, -0.05) is 71.6 Å². The van der Waals surface area contributed by atoms with Crippen molar-refractivity contribution in [2.24, 2.45) is 17.8 Å². The predicted molar refractivity (Wildman–Crippen MR) is 107 cm³/mol. The summed E-state index contributed by atoms with van der Waals surface area (Å²) < 4.78 is 10.8. The Morgan fingerprint density at radius 1 is 0.852 bits per heavy atom. The van der Waals surface area contributed by atoms with Crippen molar-refractivity contribution in [1.82, 2.24) is 0 Å². The van der Waals surface area contributed by atoms with Gasteiger partial charge < -0.3 is 14.6 Å². The Morgan fingerprint density at radius 2 is 1.44 bits per heavy atom. The Morgan fingerprint density at radius 3 is 2.07 bits per heavy atom. The lowest BCUT2D eigenvalue weighted by atomic mass is 9.79. The minimum Gasteiger partial charge on any atom is -0.481 e. The first-order chi connectivity index (χ1) is 13.0. The molecule has 1 N–H and O–H groups in total. The second-order valence-electron chi connectivity index (χ2n) is 8.27. The van der Waals surface area contributed by atoms with Crippen LogP contribution in [0.1, 0.15) is 90.9 Å². The van der Waals surface area contributed by atoms with Gasteiger partial charge in [0.2, 0.25) is 0 Å². The summed E-state index contributed by atoms with van der Waals surface area (Å²) in [5.41, 5.74) is 0. The molecule has 0 aromatic carbocycles. The molecule has 0 radical (unpaired) electrons. The molecule has 0 spiro atoms. The van der Waals surface area contributed by atoms with Crippen LogP contribution in [0, 0.1) is 17.8 Å². The highest BCUT2D eigenvalue weighted by atomic mass is 16.6. The number of carboxylic acids is 1. The van der Waals surface area contributed by atoms with Crippen molar-refractivity contribution in [2.75, 3.05) is 19.8 Å². The molecule has 0 aromatic heterocycles. The van der Waals surface area contributed by atoms with Crippen LogP contribution in [-0.2, 0) is 19.1 Å². The maximum Gasteiger partial charge on any atom is 0.309 e. The Hall–Kier alpha value is -1.10. The van der Waals surface area contributed by atoms with Crippen molar-refractivity contribution >= 4 is 11.9 Å². The Balaban J connectivity index is 1.92. The van der Waals surface area contributed by atoms with Crippen molar-refractivity contribution in [2.45, 2.75) is 90.9 Å². The number of carbonyl (C=O) groups is 2. The molecule has 27 heavy (non-hydrogen) atoms. The molecule has 0 bridgehead atoms. The zero-order valence-electron chi connectivity index (χ0n) is 17.4. The summed E-state index contributed by atoms with van der Waals surface area (Å²) in [6, 6.07) is 0. The molecule has 158 valence electrons. The van der Waals surface area contributed by atoms with Crippen LogP contribution in [0.3, 0.4) is 0 Å². The number of ether oxygens (including phenoxy) is 2. The van der Waals surface area contributed by atoms with Gasteiger partial charge in [-0.2, -0.15) is 0 Å². The number of esters is 1. The van der Waals surface area contributed by atoms with Gasteiger partial charge in [0, 0.05) is 6.61 Å². The summed E-state index contributed by atoms with van der Waals surface area (Å²) in [5, 5.41) is 9.22. The van der Waals surface area contributed by atoms with E-state index in [2.05, 4.69) is 13.8 Å². The van der Waals surface area contributed by atoms with Gasteiger partial charge in [0.25, 0.3) is 0 Å². The van der Waals surface area contributed by atoms with E-state index in [1.165, 1.54) is 44.9 Å². The average molecular weight is 385 g/mol. The number of carboxylic acid groups (broad SMARTS) is 1. The highest BCUT2D eigenvalue weighted by molar-refractivity contribution is 5.81. The number of hydrogen-bond acceptors (Lipinski definition) is 4. The van der Waals surface area contributed by atoms with Crippen LogP contribution < -0.4 is 0 Å². The van der Waals surface area contributed by atoms with E-state index in [4.69, 9.17) is 9.47 Å². The third-order valence-corrected chi connectivity index (χ3v) is 5.43. The van der Waals surface area contributed by atoms with Crippen molar-refractivity contribution < 1.29 is 24.2 Å². The zero-order valence-corrected chi connectivity index (χ0v) is 17.4. The van der Waals surface area contributed by atoms with Gasteiger partial charge in [-0.25, -0.2) is 0 Å². The van der Waals surface area contributed by atoms with Gasteiger partial charge in [-0.05, 0) is 25.2 Å². The van der Waals surface area contributed by atoms with Crippen molar-refractivity contribution in [1.29, 1.82) is 0 Å². The van der Waals surface area contributed by atoms with Gasteiger partial charge in [-0.15, -0.1) is 0 Å². The molecule has 1 fully saturated rings. The van der Waals surface area contributed by atoms with Crippen LogP contribution in [0.5, 0.6) is 0 Å². The summed E-state index contributed by atoms with van der Waals surface area (Å²) in [7, 11) is 0. The number of aliphatic carboxylic acids is 1. The first kappa shape index (κ1) is 23.9. The van der Waals surface area contributed by atoms with Crippen LogP contribution in [0.2, 0.25) is 0 Å². The van der Waals surface area contributed by atoms with Crippen LogP contribution >= 0.6 is 0 Å². The highest BCUT2D eigenvalue weighted by Crippen LogP contribution is 2.31. The summed E-state index contributed by atoms with van der Waals surface area (Å²) in [6.07, 6.45) is 13.2. The number of carbonyl (C=O) groups excluding carboxylic acids is 1. The fourth-order valence-electron chi connectivity index (χ4n) is 3.76. The first-order valence-electron chi connectivity index (χ1n) is 11.0. The lowest BCUT2D eigenvalue weighted by Gasteiger charge is -2.26. The quantitative estimate of drug-likeness (QED) is 0.310. The maximum atomic E-state index is 12.1. The standard InChI is InChI=1S/C22H40O5/c1-18(2)12-8-6-4-3-5-7-11-15-26-16-17-27-22(25)20-14-10-9-13-19(20)21(23)24/h18-20H,3-17H2,1-2H3,(H,23,24). The maximum absolute atomic E-state index is 12.1. The molecule has 0 heterocycles. The second-order valence-corrected chi connectivity index (χ2v) is 8.27. The van der Waals surface area contributed by atoms with Crippen LogP contribution in [0.15, 0.2) is 0 Å². The Labute approximate surface area is 165 Å². The minimum absolute atomic E-state index is 0.220. The van der Waals surface area contributed by atoms with E-state index in [0.29, 0.717) is 26.1 Å². The monoisotopic (exact) mass is 384 g/mol. The molecular formula is C22H40O5. The smallest absolute Gasteiger partial charge is 0.309 e. The topological polar surface area (TPSA) is 72.8 Å². The van der Waals surface area contributed by atoms with Gasteiger partial charge in [0.05, 0.1) is 18.4 Å². The van der Waals surface area contributed by atoms with Gasteiger partial charge in [-0.3, -0.25) is 9.59 Å². The van der Waals surface area contributed by atoms with Crippen LogP contribution in [0.25, 0.3) is 0 Å². The van der Waals surface area contributed by atoms with Gasteiger partial charge in [0.15, 0.2) is 0 Å². The van der Waals surface area contributed by atoms with Gasteiger partial charge in [0.1, 0.15) is 6.61 Å². The highest BCUT2D eigenvalue weighted by Gasteiger charge is 2.36. The SMILES string of the molecule is CC(C)CCCCCCCCCOCCOC(=O)C1CCCCC1C(=O)O. The van der Waals surface area contributed by atoms with Crippen molar-refractivity contribution in [3.8, 4) is 0 Å². The fourth-order valence-corrected chi connectivity index (χ4v) is 3.76. The van der Waals surface area contributed by atoms with Crippen LogP contribution in [-0.4, -0.2) is 36.9 Å². The second kappa shape index (κ2) is 14.9. The molecule has 0 amide bonds. The summed E-state index contributed by atoms with van der Waals surface area (Å²) >= 11 is 0. The molecule has 0 saturated heterocycles. The number of unbranched alkanes of at least 4 members (excludes halogenated alkanes) is 6. The molecule has 2 unspecified atom stereocenters. The summed E-state index contributed by atoms with van der Waals surface area (Å²) in [6.45, 7) is 5.88. The van der Waals surface area contributed by atoms with E-state index in [-0.39, 0.29) is 12.6 Å². The van der Waals surface area contributed by atoms with E-state index in [1.54, 1.807) is 0 Å². The largest absolute Gasteiger partial charge is 0.481 e. The van der Waals surface area contributed by atoms with E-state index >= 15 is 0 Å². The van der Waals surface area contributed by atoms with Crippen LogP contribution in [0.4, 0.5) is 0 Å². The average Bonchev–Trinajstić information content (AvgIpc) is 2.65. The Bertz CT molecular complexity index is 408. The molecular weight excluding hydrogens is 344 g/mol. The Kier molecular flexibility index (Phi) is 13.2. The summed E-state index contributed by atoms with van der Waals surface area (Å²) in [5.74, 6) is -1.51. The van der Waals surface area contributed by atoms with E-state index < -0.39 is 17.8 Å². The molecule has 1 aliphatic carbocycles. The first-order valence-corrected chi connectivity index (χ1v) is 11.0.